The van der Waals surface area contributed by atoms with Crippen molar-refractivity contribution in [2.75, 3.05) is 5.32 Å². The number of nitrogens with one attached hydrogen (secondary N) is 1. The lowest BCUT2D eigenvalue weighted by molar-refractivity contribution is 0.0697. The van der Waals surface area contributed by atoms with E-state index in [1.807, 2.05) is 12.1 Å². The Hall–Kier alpha value is -2.29. The molecule has 0 aromatic heterocycles. The number of benzene rings is 2. The van der Waals surface area contributed by atoms with Gasteiger partial charge < -0.3 is 10.4 Å². The van der Waals surface area contributed by atoms with Crippen molar-refractivity contribution in [3.05, 3.63) is 59.7 Å². The molecule has 3 nitrogen and oxygen atoms in total. The van der Waals surface area contributed by atoms with E-state index in [9.17, 15) is 4.79 Å². The highest BCUT2D eigenvalue weighted by atomic mass is 16.4. The highest BCUT2D eigenvalue weighted by Gasteiger charge is 2.03. The first-order chi connectivity index (χ1) is 9.06. The number of anilines is 2. The van der Waals surface area contributed by atoms with Crippen molar-refractivity contribution in [3.8, 4) is 0 Å². The predicted molar refractivity (Wildman–Crippen MR) is 77.2 cm³/mol. The molecule has 19 heavy (non-hydrogen) atoms. The van der Waals surface area contributed by atoms with Gasteiger partial charge in [-0.25, -0.2) is 4.79 Å². The van der Waals surface area contributed by atoms with Crippen LogP contribution in [0.4, 0.5) is 11.4 Å². The second-order valence-corrected chi connectivity index (χ2v) is 4.79. The minimum atomic E-state index is -0.909. The van der Waals surface area contributed by atoms with Gasteiger partial charge in [0.25, 0.3) is 0 Å². The molecule has 0 saturated carbocycles. The third kappa shape index (κ3) is 3.35. The van der Waals surface area contributed by atoms with Crippen LogP contribution in [0.3, 0.4) is 0 Å². The Kier molecular flexibility index (Phi) is 3.85. The maximum absolute atomic E-state index is 10.8. The summed E-state index contributed by atoms with van der Waals surface area (Å²) in [4.78, 5) is 10.8. The monoisotopic (exact) mass is 255 g/mol. The number of carboxylic acid groups (broad SMARTS) is 1. The molecule has 0 radical (unpaired) electrons. The Balaban J connectivity index is 2.16. The molecule has 2 rings (SSSR count). The molecular formula is C16H17NO2. The van der Waals surface area contributed by atoms with Crippen molar-refractivity contribution in [2.45, 2.75) is 19.8 Å². The van der Waals surface area contributed by atoms with Crippen LogP contribution in [-0.2, 0) is 0 Å². The summed E-state index contributed by atoms with van der Waals surface area (Å²) in [6.07, 6.45) is 0. The van der Waals surface area contributed by atoms with E-state index < -0.39 is 5.97 Å². The minimum absolute atomic E-state index is 0.293. The summed E-state index contributed by atoms with van der Waals surface area (Å²) in [6, 6.07) is 14.9. The fourth-order valence-electron chi connectivity index (χ4n) is 1.84. The molecule has 0 spiro atoms. The Morgan fingerprint density at radius 1 is 1.05 bits per heavy atom. The van der Waals surface area contributed by atoms with Crippen molar-refractivity contribution in [1.82, 2.24) is 0 Å². The van der Waals surface area contributed by atoms with Gasteiger partial charge in [-0.15, -0.1) is 0 Å². The first kappa shape index (κ1) is 13.1. The molecule has 0 fully saturated rings. The van der Waals surface area contributed by atoms with Crippen LogP contribution in [-0.4, -0.2) is 11.1 Å². The SMILES string of the molecule is CC(C)c1cccc(Nc2ccc(C(=O)O)cc2)c1. The molecule has 0 heterocycles. The van der Waals surface area contributed by atoms with Crippen LogP contribution in [0.5, 0.6) is 0 Å². The van der Waals surface area contributed by atoms with Crippen LogP contribution in [0.1, 0.15) is 35.7 Å². The summed E-state index contributed by atoms with van der Waals surface area (Å²) in [5.41, 5.74) is 3.45. The van der Waals surface area contributed by atoms with E-state index in [1.54, 1.807) is 24.3 Å². The first-order valence-electron chi connectivity index (χ1n) is 6.26. The van der Waals surface area contributed by atoms with Gasteiger partial charge in [0.1, 0.15) is 0 Å². The summed E-state index contributed by atoms with van der Waals surface area (Å²) in [5.74, 6) is -0.426. The summed E-state index contributed by atoms with van der Waals surface area (Å²) in [7, 11) is 0. The molecule has 0 aliphatic carbocycles. The number of hydrogen-bond acceptors (Lipinski definition) is 2. The van der Waals surface area contributed by atoms with Gasteiger partial charge in [-0.05, 0) is 47.9 Å². The lowest BCUT2D eigenvalue weighted by Gasteiger charge is -2.10. The number of carbonyl (C=O) groups is 1. The van der Waals surface area contributed by atoms with E-state index in [1.165, 1.54) is 5.56 Å². The maximum atomic E-state index is 10.8. The number of hydrogen-bond donors (Lipinski definition) is 2. The quantitative estimate of drug-likeness (QED) is 0.858. The van der Waals surface area contributed by atoms with Gasteiger partial charge in [-0.3, -0.25) is 0 Å². The largest absolute Gasteiger partial charge is 0.478 e. The van der Waals surface area contributed by atoms with Crippen molar-refractivity contribution in [3.63, 3.8) is 0 Å². The van der Waals surface area contributed by atoms with E-state index >= 15 is 0 Å². The summed E-state index contributed by atoms with van der Waals surface area (Å²) < 4.78 is 0. The number of aromatic carboxylic acids is 1. The standard InChI is InChI=1S/C16H17NO2/c1-11(2)13-4-3-5-15(10-13)17-14-8-6-12(7-9-14)16(18)19/h3-11,17H,1-2H3,(H,18,19). The molecule has 2 N–H and O–H groups in total. The normalized spacial score (nSPS) is 10.5. The van der Waals surface area contributed by atoms with Gasteiger partial charge in [0, 0.05) is 11.4 Å². The number of carboxylic acids is 1. The fourth-order valence-corrected chi connectivity index (χ4v) is 1.84. The van der Waals surface area contributed by atoms with Gasteiger partial charge in [0.2, 0.25) is 0 Å². The molecule has 0 aliphatic rings. The van der Waals surface area contributed by atoms with Gasteiger partial charge in [-0.2, -0.15) is 0 Å². The molecule has 0 bridgehead atoms. The molecule has 0 atom stereocenters. The summed E-state index contributed by atoms with van der Waals surface area (Å²) in [6.45, 7) is 4.31. The first-order valence-corrected chi connectivity index (χ1v) is 6.26. The smallest absolute Gasteiger partial charge is 0.335 e. The average Bonchev–Trinajstić information content (AvgIpc) is 2.39. The van der Waals surface area contributed by atoms with Crippen LogP contribution >= 0.6 is 0 Å². The summed E-state index contributed by atoms with van der Waals surface area (Å²) in [5, 5.41) is 12.1. The molecule has 0 saturated heterocycles. The van der Waals surface area contributed by atoms with E-state index in [2.05, 4.69) is 31.3 Å². The van der Waals surface area contributed by atoms with E-state index in [-0.39, 0.29) is 0 Å². The third-order valence-corrected chi connectivity index (χ3v) is 2.97. The van der Waals surface area contributed by atoms with Crippen molar-refractivity contribution >= 4 is 17.3 Å². The molecule has 3 heteroatoms. The van der Waals surface area contributed by atoms with E-state index in [0.717, 1.165) is 11.4 Å². The summed E-state index contributed by atoms with van der Waals surface area (Å²) >= 11 is 0. The van der Waals surface area contributed by atoms with Gasteiger partial charge in [0.05, 0.1) is 5.56 Å². The average molecular weight is 255 g/mol. The molecule has 2 aromatic carbocycles. The minimum Gasteiger partial charge on any atom is -0.478 e. The lowest BCUT2D eigenvalue weighted by Crippen LogP contribution is -1.97. The maximum Gasteiger partial charge on any atom is 0.335 e. The third-order valence-electron chi connectivity index (χ3n) is 2.97. The van der Waals surface area contributed by atoms with Crippen LogP contribution in [0, 0.1) is 0 Å². The van der Waals surface area contributed by atoms with Crippen LogP contribution in [0.2, 0.25) is 0 Å². The van der Waals surface area contributed by atoms with Crippen LogP contribution < -0.4 is 5.32 Å². The van der Waals surface area contributed by atoms with Gasteiger partial charge in [0.15, 0.2) is 0 Å². The van der Waals surface area contributed by atoms with E-state index in [4.69, 9.17) is 5.11 Å². The van der Waals surface area contributed by atoms with Crippen LogP contribution in [0.15, 0.2) is 48.5 Å². The zero-order valence-corrected chi connectivity index (χ0v) is 11.1. The Bertz CT molecular complexity index is 574. The molecule has 0 unspecified atom stereocenters. The number of rotatable bonds is 4. The molecule has 0 aliphatic heterocycles. The predicted octanol–water partition coefficient (Wildman–Crippen LogP) is 4.25. The molecule has 98 valence electrons. The molecule has 0 amide bonds. The second-order valence-electron chi connectivity index (χ2n) is 4.79. The second kappa shape index (κ2) is 5.57. The highest BCUT2D eigenvalue weighted by molar-refractivity contribution is 5.88. The van der Waals surface area contributed by atoms with Crippen LogP contribution in [0.25, 0.3) is 0 Å². The topological polar surface area (TPSA) is 49.3 Å². The van der Waals surface area contributed by atoms with Gasteiger partial charge in [-0.1, -0.05) is 26.0 Å². The molecular weight excluding hydrogens is 238 g/mol. The van der Waals surface area contributed by atoms with Crippen molar-refractivity contribution in [2.24, 2.45) is 0 Å². The Labute approximate surface area is 112 Å². The van der Waals surface area contributed by atoms with Crippen molar-refractivity contribution in [1.29, 1.82) is 0 Å². The highest BCUT2D eigenvalue weighted by Crippen LogP contribution is 2.22. The zero-order valence-electron chi connectivity index (χ0n) is 11.1. The molecule has 2 aromatic rings. The van der Waals surface area contributed by atoms with Crippen molar-refractivity contribution < 1.29 is 9.90 Å². The van der Waals surface area contributed by atoms with Gasteiger partial charge >= 0.3 is 5.97 Å². The zero-order chi connectivity index (χ0) is 13.8. The Morgan fingerprint density at radius 2 is 1.74 bits per heavy atom. The Morgan fingerprint density at radius 3 is 2.32 bits per heavy atom. The fraction of sp³-hybridized carbons (Fsp3) is 0.188. The van der Waals surface area contributed by atoms with E-state index in [0.29, 0.717) is 11.5 Å². The lowest BCUT2D eigenvalue weighted by atomic mass is 10.0.